The van der Waals surface area contributed by atoms with Crippen LogP contribution < -0.4 is 5.32 Å². The van der Waals surface area contributed by atoms with Crippen molar-refractivity contribution in [2.45, 2.75) is 51.4 Å². The minimum atomic E-state index is -0.186. The van der Waals surface area contributed by atoms with Gasteiger partial charge in [0.05, 0.1) is 17.6 Å². The van der Waals surface area contributed by atoms with Crippen molar-refractivity contribution in [2.75, 3.05) is 12.3 Å². The van der Waals surface area contributed by atoms with Gasteiger partial charge in [0.15, 0.2) is 0 Å². The Hall–Kier alpha value is -1.01. The Kier molecular flexibility index (Phi) is 6.11. The van der Waals surface area contributed by atoms with Crippen LogP contribution in [0.1, 0.15) is 42.7 Å². The average Bonchev–Trinajstić information content (AvgIpc) is 2.77. The molecule has 5 nitrogen and oxygen atoms in total. The van der Waals surface area contributed by atoms with Gasteiger partial charge in [-0.2, -0.15) is 0 Å². The smallest absolute Gasteiger partial charge is 0.230 e. The third-order valence-corrected chi connectivity index (χ3v) is 4.96. The quantitative estimate of drug-likeness (QED) is 0.842. The van der Waals surface area contributed by atoms with Crippen molar-refractivity contribution in [1.82, 2.24) is 10.5 Å². The summed E-state index contributed by atoms with van der Waals surface area (Å²) < 4.78 is 5.10. The fourth-order valence-electron chi connectivity index (χ4n) is 2.71. The summed E-state index contributed by atoms with van der Waals surface area (Å²) in [5.74, 6) is 2.50. The molecule has 2 rings (SSSR count). The van der Waals surface area contributed by atoms with Crippen LogP contribution in [0, 0.1) is 19.8 Å². The summed E-state index contributed by atoms with van der Waals surface area (Å²) in [6, 6.07) is 0. The molecule has 2 N–H and O–H groups in total. The monoisotopic (exact) mass is 312 g/mol. The van der Waals surface area contributed by atoms with E-state index >= 15 is 0 Å². The molecule has 1 aliphatic rings. The van der Waals surface area contributed by atoms with E-state index in [1.807, 2.05) is 13.8 Å². The van der Waals surface area contributed by atoms with Gasteiger partial charge in [0.25, 0.3) is 0 Å². The van der Waals surface area contributed by atoms with Gasteiger partial charge in [0.2, 0.25) is 5.91 Å². The fourth-order valence-corrected chi connectivity index (χ4v) is 3.72. The highest BCUT2D eigenvalue weighted by molar-refractivity contribution is 7.99. The first kappa shape index (κ1) is 16.4. The van der Waals surface area contributed by atoms with E-state index in [1.165, 1.54) is 0 Å². The number of hydrogen-bond donors (Lipinski definition) is 2. The van der Waals surface area contributed by atoms with E-state index in [4.69, 9.17) is 4.52 Å². The highest BCUT2D eigenvalue weighted by Crippen LogP contribution is 2.23. The summed E-state index contributed by atoms with van der Waals surface area (Å²) in [6.07, 6.45) is 3.69. The number of aromatic nitrogens is 1. The first-order valence-corrected chi connectivity index (χ1v) is 8.66. The summed E-state index contributed by atoms with van der Waals surface area (Å²) in [4.78, 5) is 11.8. The zero-order valence-electron chi connectivity index (χ0n) is 12.7. The van der Waals surface area contributed by atoms with Crippen molar-refractivity contribution in [3.63, 3.8) is 0 Å². The third-order valence-electron chi connectivity index (χ3n) is 4.00. The van der Waals surface area contributed by atoms with Crippen LogP contribution in [0.25, 0.3) is 0 Å². The number of nitrogens with zero attached hydrogens (tertiary/aromatic N) is 1. The summed E-state index contributed by atoms with van der Waals surface area (Å²) >= 11 is 1.57. The van der Waals surface area contributed by atoms with E-state index in [1.54, 1.807) is 11.8 Å². The van der Waals surface area contributed by atoms with Gasteiger partial charge in [-0.05, 0) is 39.0 Å². The highest BCUT2D eigenvalue weighted by Gasteiger charge is 2.20. The SMILES string of the molecule is Cc1noc(C)c1CSCC(=O)NCC1CCCC(O)C1. The largest absolute Gasteiger partial charge is 0.393 e. The van der Waals surface area contributed by atoms with E-state index in [9.17, 15) is 9.90 Å². The summed E-state index contributed by atoms with van der Waals surface area (Å²) in [7, 11) is 0. The number of nitrogens with one attached hydrogen (secondary N) is 1. The molecule has 0 radical (unpaired) electrons. The maximum Gasteiger partial charge on any atom is 0.230 e. The molecule has 1 aromatic rings. The Morgan fingerprint density at radius 3 is 2.95 bits per heavy atom. The lowest BCUT2D eigenvalue weighted by Gasteiger charge is -2.25. The van der Waals surface area contributed by atoms with Crippen LogP contribution in [-0.4, -0.2) is 34.6 Å². The van der Waals surface area contributed by atoms with E-state index in [-0.39, 0.29) is 12.0 Å². The number of aryl methyl sites for hydroxylation is 2. The van der Waals surface area contributed by atoms with Crippen molar-refractivity contribution < 1.29 is 14.4 Å². The number of amides is 1. The lowest BCUT2D eigenvalue weighted by Crippen LogP contribution is -2.33. The molecule has 21 heavy (non-hydrogen) atoms. The van der Waals surface area contributed by atoms with Crippen molar-refractivity contribution in [3.8, 4) is 0 Å². The predicted octanol–water partition coefficient (Wildman–Crippen LogP) is 2.19. The molecule has 1 fully saturated rings. The summed E-state index contributed by atoms with van der Waals surface area (Å²) in [5.41, 5.74) is 1.99. The minimum absolute atomic E-state index is 0.0619. The molecule has 1 saturated carbocycles. The molecule has 1 amide bonds. The van der Waals surface area contributed by atoms with Gasteiger partial charge in [0.1, 0.15) is 5.76 Å². The fraction of sp³-hybridized carbons (Fsp3) is 0.733. The first-order chi connectivity index (χ1) is 10.1. The van der Waals surface area contributed by atoms with Crippen molar-refractivity contribution in [2.24, 2.45) is 5.92 Å². The maximum absolute atomic E-state index is 11.8. The van der Waals surface area contributed by atoms with E-state index in [2.05, 4.69) is 10.5 Å². The Labute approximate surface area is 129 Å². The van der Waals surface area contributed by atoms with E-state index < -0.39 is 0 Å². The van der Waals surface area contributed by atoms with Crippen LogP contribution in [0.5, 0.6) is 0 Å². The third kappa shape index (κ3) is 5.04. The van der Waals surface area contributed by atoms with Crippen LogP contribution in [0.15, 0.2) is 4.52 Å². The highest BCUT2D eigenvalue weighted by atomic mass is 32.2. The second-order valence-corrected chi connectivity index (χ2v) is 6.77. The molecule has 0 bridgehead atoms. The molecular formula is C15H24N2O3S. The van der Waals surface area contributed by atoms with Gasteiger partial charge in [-0.3, -0.25) is 4.79 Å². The lowest BCUT2D eigenvalue weighted by molar-refractivity contribution is -0.118. The number of aliphatic hydroxyl groups excluding tert-OH is 1. The molecule has 0 aromatic carbocycles. The van der Waals surface area contributed by atoms with E-state index in [0.29, 0.717) is 18.2 Å². The molecule has 1 aliphatic carbocycles. The van der Waals surface area contributed by atoms with Gasteiger partial charge in [-0.25, -0.2) is 0 Å². The normalized spacial score (nSPS) is 22.2. The van der Waals surface area contributed by atoms with Gasteiger partial charge >= 0.3 is 0 Å². The lowest BCUT2D eigenvalue weighted by atomic mass is 9.87. The van der Waals surface area contributed by atoms with Crippen molar-refractivity contribution in [1.29, 1.82) is 0 Å². The zero-order chi connectivity index (χ0) is 15.2. The molecule has 2 unspecified atom stereocenters. The number of hydrogen-bond acceptors (Lipinski definition) is 5. The summed E-state index contributed by atoms with van der Waals surface area (Å²) in [6.45, 7) is 4.49. The van der Waals surface area contributed by atoms with Crippen LogP contribution in [0.4, 0.5) is 0 Å². The van der Waals surface area contributed by atoms with Crippen LogP contribution in [0.2, 0.25) is 0 Å². The van der Waals surface area contributed by atoms with Gasteiger partial charge in [0, 0.05) is 17.9 Å². The minimum Gasteiger partial charge on any atom is -0.393 e. The second kappa shape index (κ2) is 7.84. The number of carbonyl (C=O) groups is 1. The standard InChI is InChI=1S/C15H24N2O3S/c1-10-14(11(2)20-17-10)8-21-9-15(19)16-7-12-4-3-5-13(18)6-12/h12-13,18H,3-9H2,1-2H3,(H,16,19). The Morgan fingerprint density at radius 1 is 1.48 bits per heavy atom. The van der Waals surface area contributed by atoms with Crippen molar-refractivity contribution in [3.05, 3.63) is 17.0 Å². The first-order valence-electron chi connectivity index (χ1n) is 7.50. The van der Waals surface area contributed by atoms with Crippen LogP contribution in [-0.2, 0) is 10.5 Å². The predicted molar refractivity (Wildman–Crippen MR) is 83.1 cm³/mol. The Bertz CT molecular complexity index is 456. The number of aliphatic hydroxyl groups is 1. The maximum atomic E-state index is 11.8. The number of rotatable bonds is 6. The zero-order valence-corrected chi connectivity index (χ0v) is 13.5. The van der Waals surface area contributed by atoms with Crippen molar-refractivity contribution >= 4 is 17.7 Å². The molecule has 1 aromatic heterocycles. The van der Waals surface area contributed by atoms with Gasteiger partial charge in [-0.1, -0.05) is 11.6 Å². The molecule has 1 heterocycles. The molecule has 2 atom stereocenters. The van der Waals surface area contributed by atoms with Gasteiger partial charge < -0.3 is 14.9 Å². The molecule has 6 heteroatoms. The van der Waals surface area contributed by atoms with Gasteiger partial charge in [-0.15, -0.1) is 11.8 Å². The van der Waals surface area contributed by atoms with Crippen LogP contribution >= 0.6 is 11.8 Å². The Morgan fingerprint density at radius 2 is 2.29 bits per heavy atom. The molecule has 0 spiro atoms. The molecule has 118 valence electrons. The molecule has 0 saturated heterocycles. The average molecular weight is 312 g/mol. The van der Waals surface area contributed by atoms with E-state index in [0.717, 1.165) is 48.5 Å². The second-order valence-electron chi connectivity index (χ2n) is 5.79. The number of carbonyl (C=O) groups excluding carboxylic acids is 1. The summed E-state index contributed by atoms with van der Waals surface area (Å²) in [5, 5.41) is 16.5. The molecular weight excluding hydrogens is 288 g/mol. The Balaban J connectivity index is 1.64. The molecule has 0 aliphatic heterocycles. The van der Waals surface area contributed by atoms with Crippen LogP contribution in [0.3, 0.4) is 0 Å². The topological polar surface area (TPSA) is 75.4 Å². The number of thioether (sulfide) groups is 1.